The second-order valence-electron chi connectivity index (χ2n) is 4.43. The molecular formula is C13H16N2O2S2. The molecule has 1 heterocycles. The molecule has 19 heavy (non-hydrogen) atoms. The van der Waals surface area contributed by atoms with Crippen molar-refractivity contribution in [3.8, 4) is 10.6 Å². The number of sulfonamides is 1. The summed E-state index contributed by atoms with van der Waals surface area (Å²) < 4.78 is 24.4. The van der Waals surface area contributed by atoms with Crippen molar-refractivity contribution in [3.05, 3.63) is 40.9 Å². The van der Waals surface area contributed by atoms with E-state index < -0.39 is 10.0 Å². The van der Waals surface area contributed by atoms with E-state index in [4.69, 9.17) is 0 Å². The van der Waals surface area contributed by atoms with Crippen molar-refractivity contribution in [3.63, 3.8) is 0 Å². The SMILES string of the molecule is Cc1ccc(-c2nc(CCNS(C)(=O)=O)cs2)cc1. The second kappa shape index (κ2) is 5.81. The van der Waals surface area contributed by atoms with Gasteiger partial charge in [-0.2, -0.15) is 0 Å². The molecule has 0 aliphatic heterocycles. The molecule has 0 aliphatic rings. The van der Waals surface area contributed by atoms with Crippen LogP contribution < -0.4 is 4.72 Å². The smallest absolute Gasteiger partial charge is 0.208 e. The molecule has 6 heteroatoms. The minimum atomic E-state index is -3.12. The third-order valence-electron chi connectivity index (χ3n) is 2.60. The Hall–Kier alpha value is -1.24. The third-order valence-corrected chi connectivity index (χ3v) is 4.26. The van der Waals surface area contributed by atoms with E-state index in [0.717, 1.165) is 22.5 Å². The molecule has 0 bridgehead atoms. The normalized spacial score (nSPS) is 11.7. The third kappa shape index (κ3) is 4.41. The highest BCUT2D eigenvalue weighted by Gasteiger charge is 2.06. The molecule has 102 valence electrons. The predicted molar refractivity (Wildman–Crippen MR) is 78.8 cm³/mol. The zero-order chi connectivity index (χ0) is 13.9. The summed E-state index contributed by atoms with van der Waals surface area (Å²) in [4.78, 5) is 4.51. The van der Waals surface area contributed by atoms with Gasteiger partial charge >= 0.3 is 0 Å². The maximum absolute atomic E-state index is 11.0. The summed E-state index contributed by atoms with van der Waals surface area (Å²) in [6, 6.07) is 8.21. The average Bonchev–Trinajstić information content (AvgIpc) is 2.77. The molecule has 0 saturated heterocycles. The number of nitrogens with one attached hydrogen (secondary N) is 1. The van der Waals surface area contributed by atoms with Gasteiger partial charge in [0.05, 0.1) is 11.9 Å². The van der Waals surface area contributed by atoms with E-state index in [-0.39, 0.29) is 0 Å². The van der Waals surface area contributed by atoms with Crippen LogP contribution >= 0.6 is 11.3 Å². The van der Waals surface area contributed by atoms with Gasteiger partial charge in [0.1, 0.15) is 5.01 Å². The Balaban J connectivity index is 2.01. The summed E-state index contributed by atoms with van der Waals surface area (Å²) in [5.41, 5.74) is 3.23. The van der Waals surface area contributed by atoms with Crippen molar-refractivity contribution in [2.45, 2.75) is 13.3 Å². The van der Waals surface area contributed by atoms with Gasteiger partial charge in [0, 0.05) is 23.9 Å². The molecule has 2 aromatic rings. The van der Waals surface area contributed by atoms with Crippen LogP contribution in [0.3, 0.4) is 0 Å². The number of rotatable bonds is 5. The largest absolute Gasteiger partial charge is 0.241 e. The fourth-order valence-electron chi connectivity index (χ4n) is 1.62. The number of benzene rings is 1. The Morgan fingerprint density at radius 1 is 1.26 bits per heavy atom. The van der Waals surface area contributed by atoms with Gasteiger partial charge in [-0.3, -0.25) is 0 Å². The van der Waals surface area contributed by atoms with Gasteiger partial charge in [-0.05, 0) is 6.92 Å². The number of nitrogens with zero attached hydrogens (tertiary/aromatic N) is 1. The van der Waals surface area contributed by atoms with Gasteiger partial charge in [-0.15, -0.1) is 11.3 Å². The van der Waals surface area contributed by atoms with Gasteiger partial charge in [0.25, 0.3) is 0 Å². The van der Waals surface area contributed by atoms with E-state index in [9.17, 15) is 8.42 Å². The summed E-state index contributed by atoms with van der Waals surface area (Å²) in [5.74, 6) is 0. The lowest BCUT2D eigenvalue weighted by Crippen LogP contribution is -2.24. The van der Waals surface area contributed by atoms with Crippen LogP contribution in [0, 0.1) is 6.92 Å². The molecule has 4 nitrogen and oxygen atoms in total. The number of hydrogen-bond donors (Lipinski definition) is 1. The van der Waals surface area contributed by atoms with E-state index in [1.54, 1.807) is 11.3 Å². The highest BCUT2D eigenvalue weighted by molar-refractivity contribution is 7.88. The highest BCUT2D eigenvalue weighted by atomic mass is 32.2. The Morgan fingerprint density at radius 3 is 2.58 bits per heavy atom. The van der Waals surface area contributed by atoms with Crippen molar-refractivity contribution in [1.82, 2.24) is 9.71 Å². The molecular weight excluding hydrogens is 280 g/mol. The summed E-state index contributed by atoms with van der Waals surface area (Å²) in [5, 5.41) is 2.94. The maximum Gasteiger partial charge on any atom is 0.208 e. The molecule has 2 rings (SSSR count). The fraction of sp³-hybridized carbons (Fsp3) is 0.308. The van der Waals surface area contributed by atoms with E-state index in [0.29, 0.717) is 13.0 Å². The van der Waals surface area contributed by atoms with Gasteiger partial charge in [0.2, 0.25) is 10.0 Å². The summed E-state index contributed by atoms with van der Waals surface area (Å²) in [6.07, 6.45) is 1.77. The Kier molecular flexibility index (Phi) is 4.34. The van der Waals surface area contributed by atoms with Crippen LogP contribution in [0.1, 0.15) is 11.3 Å². The first-order valence-corrected chi connectivity index (χ1v) is 8.67. The van der Waals surface area contributed by atoms with Crippen LogP contribution in [0.5, 0.6) is 0 Å². The molecule has 0 amide bonds. The number of aryl methyl sites for hydroxylation is 1. The van der Waals surface area contributed by atoms with Gasteiger partial charge < -0.3 is 0 Å². The second-order valence-corrected chi connectivity index (χ2v) is 7.12. The lowest BCUT2D eigenvalue weighted by Gasteiger charge is -1.99. The first-order chi connectivity index (χ1) is 8.94. The molecule has 1 aromatic carbocycles. The molecule has 0 spiro atoms. The Labute approximate surface area is 117 Å². The molecule has 0 fully saturated rings. The van der Waals surface area contributed by atoms with Crippen molar-refractivity contribution >= 4 is 21.4 Å². The summed E-state index contributed by atoms with van der Waals surface area (Å²) >= 11 is 1.58. The number of aromatic nitrogens is 1. The van der Waals surface area contributed by atoms with E-state index >= 15 is 0 Å². The summed E-state index contributed by atoms with van der Waals surface area (Å²) in [6.45, 7) is 2.43. The Morgan fingerprint density at radius 2 is 1.95 bits per heavy atom. The average molecular weight is 296 g/mol. The van der Waals surface area contributed by atoms with Crippen LogP contribution in [0.4, 0.5) is 0 Å². The van der Waals surface area contributed by atoms with Crippen molar-refractivity contribution in [2.75, 3.05) is 12.8 Å². The first-order valence-electron chi connectivity index (χ1n) is 5.90. The van der Waals surface area contributed by atoms with Crippen molar-refractivity contribution in [2.24, 2.45) is 0 Å². The van der Waals surface area contributed by atoms with E-state index in [2.05, 4.69) is 21.8 Å². The summed E-state index contributed by atoms with van der Waals surface area (Å²) in [7, 11) is -3.12. The predicted octanol–water partition coefficient (Wildman–Crippen LogP) is 2.21. The molecule has 1 N–H and O–H groups in total. The zero-order valence-corrected chi connectivity index (χ0v) is 12.5. The van der Waals surface area contributed by atoms with Crippen LogP contribution in [0.15, 0.2) is 29.6 Å². The van der Waals surface area contributed by atoms with Crippen LogP contribution in [-0.2, 0) is 16.4 Å². The molecule has 0 saturated carbocycles. The number of thiazole rings is 1. The van der Waals surface area contributed by atoms with Gasteiger partial charge in [-0.25, -0.2) is 18.1 Å². The zero-order valence-electron chi connectivity index (χ0n) is 10.9. The van der Waals surface area contributed by atoms with E-state index in [1.807, 2.05) is 24.4 Å². The quantitative estimate of drug-likeness (QED) is 0.920. The monoisotopic (exact) mass is 296 g/mol. The van der Waals surface area contributed by atoms with Crippen LogP contribution in [-0.4, -0.2) is 26.2 Å². The minimum absolute atomic E-state index is 0.385. The highest BCUT2D eigenvalue weighted by Crippen LogP contribution is 2.24. The van der Waals surface area contributed by atoms with Crippen LogP contribution in [0.2, 0.25) is 0 Å². The van der Waals surface area contributed by atoms with Crippen molar-refractivity contribution in [1.29, 1.82) is 0 Å². The van der Waals surface area contributed by atoms with Gasteiger partial charge in [-0.1, -0.05) is 29.8 Å². The molecule has 1 aromatic heterocycles. The Bertz CT molecular complexity index is 646. The molecule has 0 aliphatic carbocycles. The standard InChI is InChI=1S/C13H16N2O2S2/c1-10-3-5-11(6-4-10)13-15-12(9-18-13)7-8-14-19(2,16)17/h3-6,9,14H,7-8H2,1-2H3. The van der Waals surface area contributed by atoms with Crippen molar-refractivity contribution < 1.29 is 8.42 Å². The lowest BCUT2D eigenvalue weighted by molar-refractivity contribution is 0.587. The maximum atomic E-state index is 11.0. The van der Waals surface area contributed by atoms with Crippen LogP contribution in [0.25, 0.3) is 10.6 Å². The van der Waals surface area contributed by atoms with E-state index in [1.165, 1.54) is 5.56 Å². The van der Waals surface area contributed by atoms with Gasteiger partial charge in [0.15, 0.2) is 0 Å². The topological polar surface area (TPSA) is 59.1 Å². The first kappa shape index (κ1) is 14.2. The number of hydrogen-bond acceptors (Lipinski definition) is 4. The minimum Gasteiger partial charge on any atom is -0.241 e. The molecule has 0 atom stereocenters. The fourth-order valence-corrected chi connectivity index (χ4v) is 2.95. The molecule has 0 unspecified atom stereocenters. The lowest BCUT2D eigenvalue weighted by atomic mass is 10.2. The molecule has 0 radical (unpaired) electrons.